The van der Waals surface area contributed by atoms with Gasteiger partial charge in [-0.3, -0.25) is 8.42 Å². The van der Waals surface area contributed by atoms with E-state index in [1.165, 1.54) is 57.8 Å². The van der Waals surface area contributed by atoms with Gasteiger partial charge < -0.3 is 13.8 Å². The molecule has 0 bridgehead atoms. The van der Waals surface area contributed by atoms with Gasteiger partial charge in [0.05, 0.1) is 6.61 Å². The molecule has 0 N–H and O–H groups in total. The number of hydrogen-bond donors (Lipinski definition) is 0. The molecule has 5 nitrogen and oxygen atoms in total. The molecule has 0 aromatic rings. The summed E-state index contributed by atoms with van der Waals surface area (Å²) in [6, 6.07) is 0. The SMILES string of the molecule is CCCCCCCCCCCCOCC(Cl)(Cl)Cl.O=S(=O)([O-])[O-].[Na+].[Na+]. The number of unbranched alkanes of at least 4 members (excludes halogenated alkanes) is 9. The number of ether oxygens (including phenoxy) is 1. The van der Waals surface area contributed by atoms with Crippen LogP contribution in [0.25, 0.3) is 0 Å². The Morgan fingerprint density at radius 1 is 0.800 bits per heavy atom. The Bertz CT molecular complexity index is 347. The van der Waals surface area contributed by atoms with Gasteiger partial charge in [0.15, 0.2) is 0 Å². The maximum absolute atomic E-state index is 8.52. The van der Waals surface area contributed by atoms with Gasteiger partial charge in [0.2, 0.25) is 3.79 Å². The first-order chi connectivity index (χ1) is 10.6. The molecule has 0 aliphatic rings. The molecule has 0 atom stereocenters. The second kappa shape index (κ2) is 23.0. The smallest absolute Gasteiger partial charge is 0.759 e. The number of alkyl halides is 3. The van der Waals surface area contributed by atoms with Crippen molar-refractivity contribution in [1.29, 1.82) is 0 Å². The van der Waals surface area contributed by atoms with E-state index in [4.69, 9.17) is 57.1 Å². The number of halogens is 3. The molecule has 0 saturated carbocycles. The molecule has 0 radical (unpaired) electrons. The first kappa shape index (κ1) is 35.2. The van der Waals surface area contributed by atoms with Crippen LogP contribution in [-0.2, 0) is 15.1 Å². The van der Waals surface area contributed by atoms with Crippen LogP contribution in [0, 0.1) is 0 Å². The zero-order valence-electron chi connectivity index (χ0n) is 15.6. The first-order valence-electron chi connectivity index (χ1n) is 7.87. The third-order valence-electron chi connectivity index (χ3n) is 2.91. The van der Waals surface area contributed by atoms with Crippen LogP contribution in [0.1, 0.15) is 71.1 Å². The fourth-order valence-electron chi connectivity index (χ4n) is 1.88. The van der Waals surface area contributed by atoms with Gasteiger partial charge in [-0.25, -0.2) is 0 Å². The molecule has 0 spiro atoms. The zero-order chi connectivity index (χ0) is 18.2. The summed E-state index contributed by atoms with van der Waals surface area (Å²) in [4.78, 5) is 0. The average molecular weight is 460 g/mol. The summed E-state index contributed by atoms with van der Waals surface area (Å²) in [5.41, 5.74) is 0. The van der Waals surface area contributed by atoms with Gasteiger partial charge in [0.1, 0.15) is 0 Å². The topological polar surface area (TPSA) is 89.5 Å². The first-order valence-corrected chi connectivity index (χ1v) is 10.3. The quantitative estimate of drug-likeness (QED) is 0.122. The van der Waals surface area contributed by atoms with Gasteiger partial charge in [-0.2, -0.15) is 0 Å². The summed E-state index contributed by atoms with van der Waals surface area (Å²) in [5, 5.41) is 0. The number of rotatable bonds is 12. The van der Waals surface area contributed by atoms with Crippen LogP contribution in [-0.4, -0.2) is 34.5 Å². The second-order valence-corrected chi connectivity index (χ2v) is 8.59. The van der Waals surface area contributed by atoms with Crippen molar-refractivity contribution in [2.75, 3.05) is 13.2 Å². The molecule has 0 aromatic heterocycles. The molecule has 142 valence electrons. The average Bonchev–Trinajstić information content (AvgIpc) is 2.37. The predicted molar refractivity (Wildman–Crippen MR) is 93.4 cm³/mol. The van der Waals surface area contributed by atoms with Gasteiger partial charge in [-0.1, -0.05) is 99.5 Å². The number of hydrogen-bond acceptors (Lipinski definition) is 5. The minimum Gasteiger partial charge on any atom is -0.759 e. The minimum atomic E-state index is -5.17. The second-order valence-electron chi connectivity index (χ2n) is 5.26. The Kier molecular flexibility index (Phi) is 32.3. The molecule has 0 unspecified atom stereocenters. The van der Waals surface area contributed by atoms with Crippen molar-refractivity contribution in [1.82, 2.24) is 0 Å². The van der Waals surface area contributed by atoms with E-state index < -0.39 is 14.2 Å². The molecular formula is C14H27Cl3Na2O5S. The van der Waals surface area contributed by atoms with Crippen LogP contribution >= 0.6 is 34.8 Å². The Balaban J connectivity index is -0.000000276. The molecule has 0 aliphatic heterocycles. The Morgan fingerprint density at radius 2 is 1.12 bits per heavy atom. The summed E-state index contributed by atoms with van der Waals surface area (Å²) in [6.07, 6.45) is 13.2. The van der Waals surface area contributed by atoms with Crippen molar-refractivity contribution < 1.29 is 81.4 Å². The van der Waals surface area contributed by atoms with E-state index in [-0.39, 0.29) is 65.7 Å². The molecular weight excluding hydrogens is 433 g/mol. The van der Waals surface area contributed by atoms with Crippen molar-refractivity contribution >= 4 is 45.2 Å². The molecule has 0 fully saturated rings. The summed E-state index contributed by atoms with van der Waals surface area (Å²) < 4.78 is 38.1. The molecule has 11 heteroatoms. The zero-order valence-corrected chi connectivity index (χ0v) is 22.7. The van der Waals surface area contributed by atoms with E-state index in [1.807, 2.05) is 0 Å². The van der Waals surface area contributed by atoms with Crippen LogP contribution in [0.4, 0.5) is 0 Å². The van der Waals surface area contributed by atoms with E-state index in [0.29, 0.717) is 6.61 Å². The van der Waals surface area contributed by atoms with Crippen LogP contribution in [0.3, 0.4) is 0 Å². The van der Waals surface area contributed by atoms with Crippen LogP contribution < -0.4 is 59.1 Å². The third-order valence-corrected chi connectivity index (χ3v) is 3.24. The van der Waals surface area contributed by atoms with Crippen LogP contribution in [0.2, 0.25) is 0 Å². The summed E-state index contributed by atoms with van der Waals surface area (Å²) in [6.45, 7) is 3.14. The van der Waals surface area contributed by atoms with Gasteiger partial charge in [-0.15, -0.1) is 0 Å². The van der Waals surface area contributed by atoms with Crippen molar-refractivity contribution in [2.45, 2.75) is 74.9 Å². The molecule has 0 aromatic carbocycles. The predicted octanol–water partition coefficient (Wildman–Crippen LogP) is -1.04. The fraction of sp³-hybridized carbons (Fsp3) is 1.00. The van der Waals surface area contributed by atoms with Gasteiger partial charge >= 0.3 is 59.1 Å². The summed E-state index contributed by atoms with van der Waals surface area (Å²) in [7, 11) is -5.17. The molecule has 25 heavy (non-hydrogen) atoms. The maximum Gasteiger partial charge on any atom is 1.00 e. The van der Waals surface area contributed by atoms with Crippen molar-refractivity contribution in [3.05, 3.63) is 0 Å². The van der Waals surface area contributed by atoms with Crippen molar-refractivity contribution in [3.63, 3.8) is 0 Å². The van der Waals surface area contributed by atoms with Crippen LogP contribution in [0.5, 0.6) is 0 Å². The van der Waals surface area contributed by atoms with Crippen molar-refractivity contribution in [2.24, 2.45) is 0 Å². The Labute approximate surface area is 212 Å². The van der Waals surface area contributed by atoms with Gasteiger partial charge in [-0.05, 0) is 6.42 Å². The van der Waals surface area contributed by atoms with E-state index >= 15 is 0 Å². The van der Waals surface area contributed by atoms with E-state index in [1.54, 1.807) is 0 Å². The Morgan fingerprint density at radius 3 is 1.44 bits per heavy atom. The van der Waals surface area contributed by atoms with E-state index in [2.05, 4.69) is 6.92 Å². The monoisotopic (exact) mass is 458 g/mol. The van der Waals surface area contributed by atoms with Gasteiger partial charge in [0.25, 0.3) is 0 Å². The van der Waals surface area contributed by atoms with Gasteiger partial charge in [0, 0.05) is 17.0 Å². The maximum atomic E-state index is 8.52. The van der Waals surface area contributed by atoms with Crippen molar-refractivity contribution in [3.8, 4) is 0 Å². The van der Waals surface area contributed by atoms with E-state index in [9.17, 15) is 0 Å². The largest absolute Gasteiger partial charge is 1.00 e. The molecule has 0 heterocycles. The third kappa shape index (κ3) is 52.0. The molecule has 0 rings (SSSR count). The normalized spacial score (nSPS) is 11.0. The minimum absolute atomic E-state index is 0. The fourth-order valence-corrected chi connectivity index (χ4v) is 2.11. The standard InChI is InChI=1S/C14H27Cl3O.2Na.H2O4S/c1-2-3-4-5-6-7-8-9-10-11-12-18-13-14(15,16)17;;;1-5(2,3)4/h2-13H2,1H3;;;(H2,1,2,3,4)/q;2*+1;/p-2. The Hall–Kier alpha value is 2.70. The molecule has 0 saturated heterocycles. The summed E-state index contributed by atoms with van der Waals surface area (Å²) >= 11 is 16.7. The van der Waals surface area contributed by atoms with E-state index in [0.717, 1.165) is 6.42 Å². The van der Waals surface area contributed by atoms with Crippen LogP contribution in [0.15, 0.2) is 0 Å². The summed E-state index contributed by atoms with van der Waals surface area (Å²) in [5.74, 6) is 0. The molecule has 0 amide bonds. The molecule has 0 aliphatic carbocycles.